The third-order valence-electron chi connectivity index (χ3n) is 3.24. The van der Waals surface area contributed by atoms with E-state index in [1.807, 2.05) is 49.6 Å². The number of aryl methyl sites for hydroxylation is 1. The van der Waals surface area contributed by atoms with E-state index in [0.717, 1.165) is 26.1 Å². The van der Waals surface area contributed by atoms with Crippen molar-refractivity contribution in [2.45, 2.75) is 17.9 Å². The normalized spacial score (nSPS) is 12.2. The number of aliphatic hydroxyl groups excluding tert-OH is 1. The molecule has 1 atom stereocenters. The van der Waals surface area contributed by atoms with Gasteiger partial charge in [0.2, 0.25) is 0 Å². The second-order valence-electron chi connectivity index (χ2n) is 4.49. The highest BCUT2D eigenvalue weighted by Gasteiger charge is 2.19. The van der Waals surface area contributed by atoms with E-state index in [2.05, 4.69) is 15.9 Å². The zero-order chi connectivity index (χ0) is 14.7. The van der Waals surface area contributed by atoms with Gasteiger partial charge in [-0.1, -0.05) is 34.1 Å². The monoisotopic (exact) mass is 352 g/mol. The molecule has 20 heavy (non-hydrogen) atoms. The van der Waals surface area contributed by atoms with Gasteiger partial charge in [-0.05, 0) is 42.5 Å². The van der Waals surface area contributed by atoms with Gasteiger partial charge in [-0.15, -0.1) is 11.8 Å². The molecule has 2 aromatic rings. The van der Waals surface area contributed by atoms with Gasteiger partial charge in [-0.2, -0.15) is 0 Å². The van der Waals surface area contributed by atoms with Crippen molar-refractivity contribution in [2.75, 3.05) is 13.4 Å². The maximum atomic E-state index is 10.7. The molecule has 0 bridgehead atoms. The fourth-order valence-electron chi connectivity index (χ4n) is 2.12. The van der Waals surface area contributed by atoms with E-state index in [1.54, 1.807) is 18.9 Å². The fraction of sp³-hybridized carbons (Fsp3) is 0.250. The van der Waals surface area contributed by atoms with Crippen LogP contribution in [0.2, 0.25) is 0 Å². The number of rotatable bonds is 4. The summed E-state index contributed by atoms with van der Waals surface area (Å²) in [7, 11) is 1.62. The summed E-state index contributed by atoms with van der Waals surface area (Å²) in [6.45, 7) is 2.00. The second-order valence-corrected chi connectivity index (χ2v) is 6.19. The van der Waals surface area contributed by atoms with E-state index in [9.17, 15) is 5.11 Å². The summed E-state index contributed by atoms with van der Waals surface area (Å²) in [5.74, 6) is 0.703. The first-order valence-corrected chi connectivity index (χ1v) is 8.25. The van der Waals surface area contributed by atoms with Crippen molar-refractivity contribution in [2.24, 2.45) is 0 Å². The van der Waals surface area contributed by atoms with Crippen LogP contribution in [-0.2, 0) is 0 Å². The maximum absolute atomic E-state index is 10.7. The molecule has 0 fully saturated rings. The molecule has 0 aliphatic heterocycles. The lowest BCUT2D eigenvalue weighted by Gasteiger charge is -2.18. The Bertz CT molecular complexity index is 613. The van der Waals surface area contributed by atoms with Crippen LogP contribution in [-0.4, -0.2) is 18.5 Å². The fourth-order valence-corrected chi connectivity index (χ4v) is 3.11. The molecule has 2 aromatic carbocycles. The van der Waals surface area contributed by atoms with E-state index >= 15 is 0 Å². The highest BCUT2D eigenvalue weighted by atomic mass is 79.9. The third-order valence-corrected chi connectivity index (χ3v) is 4.91. The lowest BCUT2D eigenvalue weighted by atomic mass is 9.99. The van der Waals surface area contributed by atoms with Crippen LogP contribution in [0.1, 0.15) is 22.8 Å². The van der Waals surface area contributed by atoms with Crippen molar-refractivity contribution < 1.29 is 9.84 Å². The van der Waals surface area contributed by atoms with Crippen molar-refractivity contribution in [1.29, 1.82) is 0 Å². The summed E-state index contributed by atoms with van der Waals surface area (Å²) in [6.07, 6.45) is 1.30. The van der Waals surface area contributed by atoms with E-state index < -0.39 is 6.10 Å². The van der Waals surface area contributed by atoms with Crippen molar-refractivity contribution in [3.8, 4) is 5.75 Å². The van der Waals surface area contributed by atoms with Crippen LogP contribution in [0.25, 0.3) is 0 Å². The number of ether oxygens (including phenoxy) is 1. The zero-order valence-corrected chi connectivity index (χ0v) is 14.1. The smallest absolute Gasteiger partial charge is 0.125 e. The molecule has 4 heteroatoms. The van der Waals surface area contributed by atoms with Crippen LogP contribution in [0.15, 0.2) is 45.8 Å². The quantitative estimate of drug-likeness (QED) is 0.817. The summed E-state index contributed by atoms with van der Waals surface area (Å²) in [5.41, 5.74) is 2.75. The summed E-state index contributed by atoms with van der Waals surface area (Å²) >= 11 is 5.14. The van der Waals surface area contributed by atoms with E-state index in [4.69, 9.17) is 4.74 Å². The number of halogens is 1. The lowest BCUT2D eigenvalue weighted by Crippen LogP contribution is -2.04. The van der Waals surface area contributed by atoms with Crippen LogP contribution in [0.5, 0.6) is 5.75 Å². The third kappa shape index (κ3) is 3.03. The summed E-state index contributed by atoms with van der Waals surface area (Å²) < 4.78 is 6.38. The number of aliphatic hydroxyl groups is 1. The van der Waals surface area contributed by atoms with E-state index in [1.165, 1.54) is 0 Å². The number of hydrogen-bond acceptors (Lipinski definition) is 3. The van der Waals surface area contributed by atoms with Crippen molar-refractivity contribution in [3.63, 3.8) is 0 Å². The molecule has 2 nitrogen and oxygen atoms in total. The van der Waals surface area contributed by atoms with Crippen LogP contribution in [0, 0.1) is 6.92 Å². The van der Waals surface area contributed by atoms with E-state index in [-0.39, 0.29) is 0 Å². The first-order chi connectivity index (χ1) is 9.58. The van der Waals surface area contributed by atoms with Gasteiger partial charge in [0.1, 0.15) is 11.9 Å². The van der Waals surface area contributed by atoms with Crippen LogP contribution < -0.4 is 4.74 Å². The number of methoxy groups -OCH3 is 1. The Morgan fingerprint density at radius 1 is 1.20 bits per heavy atom. The average molecular weight is 353 g/mol. The first kappa shape index (κ1) is 15.4. The van der Waals surface area contributed by atoms with Gasteiger partial charge in [0.05, 0.1) is 7.11 Å². The van der Waals surface area contributed by atoms with Gasteiger partial charge >= 0.3 is 0 Å². The minimum Gasteiger partial charge on any atom is -0.496 e. The molecule has 0 heterocycles. The zero-order valence-electron chi connectivity index (χ0n) is 11.7. The number of thioether (sulfide) groups is 1. The molecule has 0 aromatic heterocycles. The summed E-state index contributed by atoms with van der Waals surface area (Å²) in [4.78, 5) is 1.07. The van der Waals surface area contributed by atoms with E-state index in [0.29, 0.717) is 5.75 Å². The molecule has 0 saturated carbocycles. The SMILES string of the molecule is COc1cc(C)c(Br)cc1C(O)c1ccccc1SC. The van der Waals surface area contributed by atoms with Gasteiger partial charge in [0.15, 0.2) is 0 Å². The molecule has 0 amide bonds. The van der Waals surface area contributed by atoms with Gasteiger partial charge < -0.3 is 9.84 Å². The van der Waals surface area contributed by atoms with Crippen LogP contribution >= 0.6 is 27.7 Å². The highest BCUT2D eigenvalue weighted by molar-refractivity contribution is 9.10. The van der Waals surface area contributed by atoms with Gasteiger partial charge in [0, 0.05) is 14.9 Å². The Labute approximate surface area is 132 Å². The number of hydrogen-bond donors (Lipinski definition) is 1. The Hall–Kier alpha value is -0.970. The number of benzene rings is 2. The molecule has 0 radical (unpaired) electrons. The molecule has 0 aliphatic carbocycles. The van der Waals surface area contributed by atoms with Gasteiger partial charge in [0.25, 0.3) is 0 Å². The molecule has 0 aliphatic rings. The molecule has 106 valence electrons. The minimum atomic E-state index is -0.703. The second kappa shape index (κ2) is 6.66. The van der Waals surface area contributed by atoms with Gasteiger partial charge in [-0.25, -0.2) is 0 Å². The standard InChI is InChI=1S/C16H17BrO2S/c1-10-8-14(19-2)12(9-13(10)17)16(18)11-6-4-5-7-15(11)20-3/h4-9,16,18H,1-3H3. The lowest BCUT2D eigenvalue weighted by molar-refractivity contribution is 0.212. The van der Waals surface area contributed by atoms with Crippen LogP contribution in [0.4, 0.5) is 0 Å². The predicted octanol–water partition coefficient (Wildman–Crippen LogP) is 4.57. The Morgan fingerprint density at radius 2 is 1.90 bits per heavy atom. The molecule has 0 saturated heterocycles. The Morgan fingerprint density at radius 3 is 2.55 bits per heavy atom. The largest absolute Gasteiger partial charge is 0.496 e. The predicted molar refractivity (Wildman–Crippen MR) is 87.7 cm³/mol. The minimum absolute atomic E-state index is 0.703. The molecule has 0 spiro atoms. The molecular weight excluding hydrogens is 336 g/mol. The molecule has 1 N–H and O–H groups in total. The Balaban J connectivity index is 2.52. The topological polar surface area (TPSA) is 29.5 Å². The molecular formula is C16H17BrO2S. The van der Waals surface area contributed by atoms with Crippen molar-refractivity contribution >= 4 is 27.7 Å². The first-order valence-electron chi connectivity index (χ1n) is 6.23. The summed E-state index contributed by atoms with van der Waals surface area (Å²) in [5, 5.41) is 10.7. The van der Waals surface area contributed by atoms with Crippen LogP contribution in [0.3, 0.4) is 0 Å². The maximum Gasteiger partial charge on any atom is 0.125 e. The average Bonchev–Trinajstić information content (AvgIpc) is 2.48. The van der Waals surface area contributed by atoms with Crippen molar-refractivity contribution in [1.82, 2.24) is 0 Å². The Kier molecular flexibility index (Phi) is 5.13. The van der Waals surface area contributed by atoms with Crippen molar-refractivity contribution in [3.05, 3.63) is 57.6 Å². The summed E-state index contributed by atoms with van der Waals surface area (Å²) in [6, 6.07) is 11.7. The molecule has 1 unspecified atom stereocenters. The molecule has 2 rings (SSSR count). The highest BCUT2D eigenvalue weighted by Crippen LogP contribution is 2.37. The van der Waals surface area contributed by atoms with Gasteiger partial charge in [-0.3, -0.25) is 0 Å².